The number of allylic oxidation sites excluding steroid dienone is 4. The first kappa shape index (κ1) is 15.0. The fraction of sp³-hybridized carbons (Fsp3) is 0.280. The second-order valence-electron chi connectivity index (χ2n) is 7.67. The van der Waals surface area contributed by atoms with Gasteiger partial charge in [0, 0.05) is 0 Å². The van der Waals surface area contributed by atoms with Crippen LogP contribution in [-0.2, 0) is 0 Å². The van der Waals surface area contributed by atoms with Crippen molar-refractivity contribution >= 4 is 17.2 Å². The molecule has 1 fully saturated rings. The molecule has 25 heavy (non-hydrogen) atoms. The minimum Gasteiger partial charge on any atom is -0.0801 e. The van der Waals surface area contributed by atoms with E-state index in [1.807, 2.05) is 0 Å². The van der Waals surface area contributed by atoms with Gasteiger partial charge in [0.05, 0.1) is 0 Å². The Morgan fingerprint density at radius 3 is 2.56 bits per heavy atom. The smallest absolute Gasteiger partial charge is 0.000730 e. The van der Waals surface area contributed by atoms with Crippen molar-refractivity contribution in [3.05, 3.63) is 85.6 Å². The van der Waals surface area contributed by atoms with Gasteiger partial charge in [0.15, 0.2) is 0 Å². The summed E-state index contributed by atoms with van der Waals surface area (Å²) in [5, 5.41) is 5.51. The Morgan fingerprint density at radius 2 is 1.80 bits per heavy atom. The molecule has 0 saturated heterocycles. The third-order valence-electron chi connectivity index (χ3n) is 5.90. The highest BCUT2D eigenvalue weighted by Crippen LogP contribution is 2.31. The van der Waals surface area contributed by atoms with Crippen molar-refractivity contribution in [1.82, 2.24) is 0 Å². The number of benzene rings is 2. The molecule has 2 aromatic carbocycles. The van der Waals surface area contributed by atoms with Gasteiger partial charge in [-0.05, 0) is 95.2 Å². The van der Waals surface area contributed by atoms with Crippen molar-refractivity contribution in [2.45, 2.75) is 46.0 Å². The van der Waals surface area contributed by atoms with Crippen LogP contribution in [0.15, 0.2) is 42.5 Å². The number of fused-ring (bicyclic) bond motifs is 2. The van der Waals surface area contributed by atoms with Gasteiger partial charge in [-0.1, -0.05) is 53.6 Å². The lowest BCUT2D eigenvalue weighted by Gasteiger charge is -2.14. The van der Waals surface area contributed by atoms with Crippen LogP contribution in [0.5, 0.6) is 0 Å². The van der Waals surface area contributed by atoms with Crippen LogP contribution in [0.2, 0.25) is 0 Å². The van der Waals surface area contributed by atoms with Crippen molar-refractivity contribution in [3.8, 4) is 0 Å². The Kier molecular flexibility index (Phi) is 3.35. The van der Waals surface area contributed by atoms with E-state index < -0.39 is 0 Å². The van der Waals surface area contributed by atoms with Crippen LogP contribution in [0, 0.1) is 24.3 Å². The van der Waals surface area contributed by atoms with E-state index in [9.17, 15) is 0 Å². The SMILES string of the molecule is Cc1ccc2c(c1)=c1cc(C)c(=C3CCCC3)c(C3=CC=CC3)c1[C]=2. The van der Waals surface area contributed by atoms with Gasteiger partial charge in [-0.3, -0.25) is 0 Å². The lowest BCUT2D eigenvalue weighted by molar-refractivity contribution is 0.886. The maximum absolute atomic E-state index is 3.76. The summed E-state index contributed by atoms with van der Waals surface area (Å²) in [6, 6.07) is 9.17. The summed E-state index contributed by atoms with van der Waals surface area (Å²) in [4.78, 5) is 0. The molecular weight excluding hydrogens is 300 g/mol. The fourth-order valence-corrected chi connectivity index (χ4v) is 4.75. The first-order valence-electron chi connectivity index (χ1n) is 9.49. The molecule has 3 aliphatic carbocycles. The summed E-state index contributed by atoms with van der Waals surface area (Å²) in [5.74, 6) is 0. The average molecular weight is 323 g/mol. The first-order valence-corrected chi connectivity index (χ1v) is 9.49. The van der Waals surface area contributed by atoms with E-state index in [0.717, 1.165) is 6.42 Å². The highest BCUT2D eigenvalue weighted by Gasteiger charge is 2.19. The molecule has 1 radical (unpaired) electrons. The molecule has 0 N–H and O–H groups in total. The van der Waals surface area contributed by atoms with Gasteiger partial charge in [-0.25, -0.2) is 0 Å². The van der Waals surface area contributed by atoms with E-state index >= 15 is 0 Å². The Labute approximate surface area is 149 Å². The molecule has 0 spiro atoms. The van der Waals surface area contributed by atoms with Gasteiger partial charge in [0.1, 0.15) is 0 Å². The monoisotopic (exact) mass is 323 g/mol. The lowest BCUT2D eigenvalue weighted by atomic mass is 9.90. The van der Waals surface area contributed by atoms with Crippen molar-refractivity contribution in [1.29, 1.82) is 0 Å². The standard InChI is InChI=1S/C25H23/c1-16-11-12-20-15-23-22(21(20)13-16)14-17(2)24(18-7-3-4-8-18)25(23)19-9-5-6-10-19/h5-6,9,11-14H,3-4,7-8,10H2,1-2H3. The molecule has 0 amide bonds. The summed E-state index contributed by atoms with van der Waals surface area (Å²) < 4.78 is 0. The molecule has 0 aromatic heterocycles. The zero-order valence-electron chi connectivity index (χ0n) is 15.1. The molecule has 0 heterocycles. The van der Waals surface area contributed by atoms with E-state index in [1.165, 1.54) is 74.4 Å². The summed E-state index contributed by atoms with van der Waals surface area (Å²) in [6.07, 6.45) is 16.8. The molecule has 0 bridgehead atoms. The maximum atomic E-state index is 3.76. The van der Waals surface area contributed by atoms with E-state index in [2.05, 4.69) is 62.4 Å². The first-order chi connectivity index (χ1) is 12.2. The van der Waals surface area contributed by atoms with Crippen molar-refractivity contribution in [2.24, 2.45) is 0 Å². The molecular formula is C25H23. The fourth-order valence-electron chi connectivity index (χ4n) is 4.75. The molecule has 1 saturated carbocycles. The van der Waals surface area contributed by atoms with Crippen LogP contribution >= 0.6 is 0 Å². The zero-order valence-corrected chi connectivity index (χ0v) is 15.1. The maximum Gasteiger partial charge on any atom is -0.000730 e. The molecule has 0 heteroatoms. The van der Waals surface area contributed by atoms with Crippen LogP contribution in [0.4, 0.5) is 0 Å². The number of rotatable bonds is 1. The highest BCUT2D eigenvalue weighted by atomic mass is 14.2. The molecule has 123 valence electrons. The topological polar surface area (TPSA) is 0 Å². The quantitative estimate of drug-likeness (QED) is 0.610. The van der Waals surface area contributed by atoms with Crippen molar-refractivity contribution in [2.75, 3.05) is 0 Å². The molecule has 0 nitrogen and oxygen atoms in total. The zero-order chi connectivity index (χ0) is 17.0. The highest BCUT2D eigenvalue weighted by molar-refractivity contribution is 5.81. The van der Waals surface area contributed by atoms with Gasteiger partial charge in [-0.2, -0.15) is 0 Å². The minimum atomic E-state index is 1.05. The number of aryl methyl sites for hydroxylation is 2. The van der Waals surface area contributed by atoms with Gasteiger partial charge in [-0.15, -0.1) is 0 Å². The molecule has 5 rings (SSSR count). The van der Waals surface area contributed by atoms with Crippen LogP contribution in [-0.4, -0.2) is 0 Å². The molecule has 0 aliphatic heterocycles. The Hall–Kier alpha value is -2.34. The van der Waals surface area contributed by atoms with Gasteiger partial charge >= 0.3 is 0 Å². The predicted octanol–water partition coefficient (Wildman–Crippen LogP) is 4.68. The largest absolute Gasteiger partial charge is 0.0801 e. The summed E-state index contributed by atoms with van der Waals surface area (Å²) in [6.45, 7) is 4.49. The van der Waals surface area contributed by atoms with E-state index in [0.29, 0.717) is 0 Å². The third kappa shape index (κ3) is 2.28. The number of hydrogen-bond acceptors (Lipinski definition) is 0. The van der Waals surface area contributed by atoms with Crippen LogP contribution in [0.25, 0.3) is 17.2 Å². The van der Waals surface area contributed by atoms with E-state index in [-0.39, 0.29) is 0 Å². The van der Waals surface area contributed by atoms with Gasteiger partial charge in [0.2, 0.25) is 0 Å². The van der Waals surface area contributed by atoms with Gasteiger partial charge < -0.3 is 0 Å². The predicted molar refractivity (Wildman–Crippen MR) is 105 cm³/mol. The Morgan fingerprint density at radius 1 is 0.960 bits per heavy atom. The number of hydrogen-bond donors (Lipinski definition) is 0. The van der Waals surface area contributed by atoms with Crippen LogP contribution < -0.4 is 10.4 Å². The second-order valence-corrected chi connectivity index (χ2v) is 7.67. The van der Waals surface area contributed by atoms with E-state index in [4.69, 9.17) is 0 Å². The molecule has 0 unspecified atom stereocenters. The second kappa shape index (κ2) is 5.59. The van der Waals surface area contributed by atoms with Crippen LogP contribution in [0.3, 0.4) is 0 Å². The van der Waals surface area contributed by atoms with Crippen LogP contribution in [0.1, 0.15) is 54.4 Å². The van der Waals surface area contributed by atoms with E-state index in [1.54, 1.807) is 5.57 Å². The molecule has 0 atom stereocenters. The minimum absolute atomic E-state index is 1.05. The van der Waals surface area contributed by atoms with Crippen molar-refractivity contribution in [3.63, 3.8) is 0 Å². The van der Waals surface area contributed by atoms with Crippen molar-refractivity contribution < 1.29 is 0 Å². The summed E-state index contributed by atoms with van der Waals surface area (Å²) in [5.41, 5.74) is 8.68. The third-order valence-corrected chi connectivity index (χ3v) is 5.90. The Bertz CT molecular complexity index is 1160. The van der Waals surface area contributed by atoms with Gasteiger partial charge in [0.25, 0.3) is 0 Å². The lowest BCUT2D eigenvalue weighted by Crippen LogP contribution is -2.18. The summed E-state index contributed by atoms with van der Waals surface area (Å²) in [7, 11) is 0. The Balaban J connectivity index is 1.98. The normalized spacial score (nSPS) is 17.5. The molecule has 2 aromatic rings. The summed E-state index contributed by atoms with van der Waals surface area (Å²) >= 11 is 0. The molecule has 3 aliphatic rings. The average Bonchev–Trinajstić information content (AvgIpc) is 3.34.